The molecule has 0 unspecified atom stereocenters. The predicted octanol–water partition coefficient (Wildman–Crippen LogP) is 1.53. The van der Waals surface area contributed by atoms with E-state index in [0.29, 0.717) is 0 Å². The van der Waals surface area contributed by atoms with Gasteiger partial charge in [-0.15, -0.1) is 0 Å². The number of amides is 1. The predicted molar refractivity (Wildman–Crippen MR) is 57.1 cm³/mol. The number of phenols is 1. The highest BCUT2D eigenvalue weighted by atomic mass is 19.4. The third kappa shape index (κ3) is 4.09. The third-order valence-corrected chi connectivity index (χ3v) is 2.23. The van der Waals surface area contributed by atoms with Gasteiger partial charge in [0, 0.05) is 6.54 Å². The van der Waals surface area contributed by atoms with Gasteiger partial charge in [-0.1, -0.05) is 6.07 Å². The molecule has 4 nitrogen and oxygen atoms in total. The van der Waals surface area contributed by atoms with E-state index < -0.39 is 48.9 Å². The number of rotatable bonds is 4. The minimum absolute atomic E-state index is 0.220. The molecule has 0 fully saturated rings. The number of alkyl halides is 3. The Morgan fingerprint density at radius 1 is 1.32 bits per heavy atom. The molecule has 0 aliphatic carbocycles. The first-order valence-corrected chi connectivity index (χ1v) is 5.20. The van der Waals surface area contributed by atoms with Crippen molar-refractivity contribution in [3.05, 3.63) is 29.6 Å². The molecule has 0 radical (unpaired) electrons. The van der Waals surface area contributed by atoms with Gasteiger partial charge in [0.1, 0.15) is 23.7 Å². The second-order valence-corrected chi connectivity index (χ2v) is 3.70. The molecule has 0 aromatic heterocycles. The molecule has 0 atom stereocenters. The van der Waals surface area contributed by atoms with Crippen LogP contribution in [-0.2, 0) is 0 Å². The molecule has 106 valence electrons. The van der Waals surface area contributed by atoms with Gasteiger partial charge in [0.2, 0.25) is 0 Å². The highest BCUT2D eigenvalue weighted by Gasteiger charge is 2.34. The van der Waals surface area contributed by atoms with Crippen molar-refractivity contribution >= 4 is 5.91 Å². The fraction of sp³-hybridized carbons (Fsp3) is 0.364. The molecule has 0 aliphatic rings. The van der Waals surface area contributed by atoms with Crippen LogP contribution in [-0.4, -0.2) is 46.9 Å². The molecular weight excluding hydrogens is 270 g/mol. The number of carbonyl (C=O) groups is 1. The van der Waals surface area contributed by atoms with E-state index in [-0.39, 0.29) is 4.90 Å². The van der Waals surface area contributed by atoms with Gasteiger partial charge in [-0.05, 0) is 12.1 Å². The molecule has 19 heavy (non-hydrogen) atoms. The number of nitrogens with zero attached hydrogens (tertiary/aromatic N) is 1. The monoisotopic (exact) mass is 281 g/mol. The number of aliphatic hydroxyl groups is 1. The molecule has 0 heterocycles. The number of hydrogen-bond acceptors (Lipinski definition) is 3. The summed E-state index contributed by atoms with van der Waals surface area (Å²) in [5.41, 5.74) is -0.847. The van der Waals surface area contributed by atoms with Crippen LogP contribution in [0.25, 0.3) is 0 Å². The number of aliphatic hydroxyl groups excluding tert-OH is 1. The molecule has 2 N–H and O–H groups in total. The fourth-order valence-electron chi connectivity index (χ4n) is 1.47. The zero-order chi connectivity index (χ0) is 14.6. The summed E-state index contributed by atoms with van der Waals surface area (Å²) >= 11 is 0. The van der Waals surface area contributed by atoms with Gasteiger partial charge in [0.25, 0.3) is 5.91 Å². The Bertz CT molecular complexity index is 441. The zero-order valence-corrected chi connectivity index (χ0v) is 9.62. The quantitative estimate of drug-likeness (QED) is 0.823. The first-order valence-electron chi connectivity index (χ1n) is 5.20. The van der Waals surface area contributed by atoms with E-state index in [1.165, 1.54) is 0 Å². The number of aromatic hydroxyl groups is 1. The van der Waals surface area contributed by atoms with Crippen LogP contribution in [0.5, 0.6) is 5.75 Å². The molecule has 1 rings (SSSR count). The van der Waals surface area contributed by atoms with Gasteiger partial charge in [-0.25, -0.2) is 4.39 Å². The molecule has 0 aliphatic heterocycles. The molecule has 1 aromatic carbocycles. The Labute approximate surface area is 105 Å². The second-order valence-electron chi connectivity index (χ2n) is 3.70. The highest BCUT2D eigenvalue weighted by molar-refractivity contribution is 5.97. The van der Waals surface area contributed by atoms with Crippen molar-refractivity contribution in [2.75, 3.05) is 19.7 Å². The molecule has 0 saturated heterocycles. The first kappa shape index (κ1) is 15.2. The number of carbonyl (C=O) groups excluding carboxylic acids is 1. The third-order valence-electron chi connectivity index (χ3n) is 2.23. The highest BCUT2D eigenvalue weighted by Crippen LogP contribution is 2.24. The Kier molecular flexibility index (Phi) is 4.71. The first-order chi connectivity index (χ1) is 8.76. The van der Waals surface area contributed by atoms with Crippen LogP contribution in [0.2, 0.25) is 0 Å². The minimum atomic E-state index is -4.69. The number of halogens is 4. The summed E-state index contributed by atoms with van der Waals surface area (Å²) in [4.78, 5) is 12.0. The van der Waals surface area contributed by atoms with E-state index in [1.807, 2.05) is 0 Å². The Balaban J connectivity index is 3.06. The van der Waals surface area contributed by atoms with Gasteiger partial charge in [-0.2, -0.15) is 13.2 Å². The van der Waals surface area contributed by atoms with Gasteiger partial charge in [0.05, 0.1) is 6.61 Å². The van der Waals surface area contributed by atoms with Gasteiger partial charge in [0.15, 0.2) is 0 Å². The topological polar surface area (TPSA) is 60.8 Å². The molecule has 0 saturated carbocycles. The van der Waals surface area contributed by atoms with Crippen molar-refractivity contribution in [1.29, 1.82) is 0 Å². The minimum Gasteiger partial charge on any atom is -0.507 e. The number of hydrogen-bond donors (Lipinski definition) is 2. The normalized spacial score (nSPS) is 11.4. The lowest BCUT2D eigenvalue weighted by atomic mass is 10.1. The maximum absolute atomic E-state index is 13.4. The summed E-state index contributed by atoms with van der Waals surface area (Å²) < 4.78 is 50.2. The van der Waals surface area contributed by atoms with Crippen LogP contribution >= 0.6 is 0 Å². The summed E-state index contributed by atoms with van der Waals surface area (Å²) in [6.07, 6.45) is -4.69. The van der Waals surface area contributed by atoms with Crippen LogP contribution in [0.15, 0.2) is 18.2 Å². The van der Waals surface area contributed by atoms with Crippen LogP contribution in [0, 0.1) is 5.82 Å². The molecule has 1 amide bonds. The average Bonchev–Trinajstić information content (AvgIpc) is 2.26. The molecular formula is C11H11F4NO3. The lowest BCUT2D eigenvalue weighted by Gasteiger charge is -2.23. The standard InChI is InChI=1S/C11H11F4NO3/c12-7-2-1-3-8(18)9(7)10(19)16(4-5-17)6-11(13,14)15/h1-3,17-18H,4-6H2. The Hall–Kier alpha value is -1.83. The largest absolute Gasteiger partial charge is 0.507 e. The number of phenolic OH excluding ortho intramolecular Hbond substituents is 1. The van der Waals surface area contributed by atoms with Gasteiger partial charge >= 0.3 is 6.18 Å². The average molecular weight is 281 g/mol. The molecule has 8 heteroatoms. The Morgan fingerprint density at radius 3 is 2.42 bits per heavy atom. The van der Waals surface area contributed by atoms with E-state index in [0.717, 1.165) is 18.2 Å². The van der Waals surface area contributed by atoms with E-state index in [4.69, 9.17) is 5.11 Å². The smallest absolute Gasteiger partial charge is 0.406 e. The van der Waals surface area contributed by atoms with E-state index in [2.05, 4.69) is 0 Å². The fourth-order valence-corrected chi connectivity index (χ4v) is 1.47. The van der Waals surface area contributed by atoms with Gasteiger partial charge in [-0.3, -0.25) is 4.79 Å². The zero-order valence-electron chi connectivity index (χ0n) is 9.62. The van der Waals surface area contributed by atoms with E-state index in [9.17, 15) is 27.5 Å². The van der Waals surface area contributed by atoms with E-state index >= 15 is 0 Å². The summed E-state index contributed by atoms with van der Waals surface area (Å²) in [5.74, 6) is -3.22. The van der Waals surface area contributed by atoms with Crippen LogP contribution in [0.3, 0.4) is 0 Å². The molecule has 0 spiro atoms. The summed E-state index contributed by atoms with van der Waals surface area (Å²) in [5, 5.41) is 18.0. The maximum atomic E-state index is 13.4. The summed E-state index contributed by atoms with van der Waals surface area (Å²) in [6, 6.07) is 2.94. The van der Waals surface area contributed by atoms with Crippen molar-refractivity contribution < 1.29 is 32.6 Å². The second kappa shape index (κ2) is 5.87. The lowest BCUT2D eigenvalue weighted by molar-refractivity contribution is -0.141. The SMILES string of the molecule is O=C(c1c(O)cccc1F)N(CCO)CC(F)(F)F. The van der Waals surface area contributed by atoms with Crippen molar-refractivity contribution in [3.8, 4) is 5.75 Å². The number of benzene rings is 1. The van der Waals surface area contributed by atoms with Crippen LogP contribution < -0.4 is 0 Å². The summed E-state index contributed by atoms with van der Waals surface area (Å²) in [6.45, 7) is -2.97. The summed E-state index contributed by atoms with van der Waals surface area (Å²) in [7, 11) is 0. The van der Waals surface area contributed by atoms with E-state index in [1.54, 1.807) is 0 Å². The van der Waals surface area contributed by atoms with Crippen molar-refractivity contribution in [3.63, 3.8) is 0 Å². The van der Waals surface area contributed by atoms with Crippen molar-refractivity contribution in [2.45, 2.75) is 6.18 Å². The van der Waals surface area contributed by atoms with Gasteiger partial charge < -0.3 is 15.1 Å². The Morgan fingerprint density at radius 2 is 1.95 bits per heavy atom. The van der Waals surface area contributed by atoms with Crippen molar-refractivity contribution in [2.24, 2.45) is 0 Å². The van der Waals surface area contributed by atoms with Crippen molar-refractivity contribution in [1.82, 2.24) is 4.90 Å². The molecule has 1 aromatic rings. The lowest BCUT2D eigenvalue weighted by Crippen LogP contribution is -2.41. The molecule has 0 bridgehead atoms. The van der Waals surface area contributed by atoms with Crippen LogP contribution in [0.4, 0.5) is 17.6 Å². The maximum Gasteiger partial charge on any atom is 0.406 e. The van der Waals surface area contributed by atoms with Crippen LogP contribution in [0.1, 0.15) is 10.4 Å².